The Morgan fingerprint density at radius 3 is 2.92 bits per heavy atom. The molecule has 1 aromatic carbocycles. The quantitative estimate of drug-likeness (QED) is 0.754. The lowest BCUT2D eigenvalue weighted by molar-refractivity contribution is 0.261. The van der Waals surface area contributed by atoms with Crippen molar-refractivity contribution < 1.29 is 9.50 Å². The third kappa shape index (κ3) is 3.06. The van der Waals surface area contributed by atoms with Crippen molar-refractivity contribution in [3.05, 3.63) is 42.5 Å². The van der Waals surface area contributed by atoms with Gasteiger partial charge in [-0.15, -0.1) is 10.2 Å². The summed E-state index contributed by atoms with van der Waals surface area (Å²) in [6.45, 7) is 2.02. The van der Waals surface area contributed by atoms with Gasteiger partial charge < -0.3 is 15.3 Å². The van der Waals surface area contributed by atoms with Crippen LogP contribution in [0.5, 0.6) is 5.75 Å². The van der Waals surface area contributed by atoms with Gasteiger partial charge in [0, 0.05) is 35.8 Å². The maximum Gasteiger partial charge on any atom is 0.158 e. The first-order valence-corrected chi connectivity index (χ1v) is 8.67. The average molecular weight is 353 g/mol. The summed E-state index contributed by atoms with van der Waals surface area (Å²) in [6, 6.07) is 6.24. The van der Waals surface area contributed by atoms with Crippen LogP contribution in [0.15, 0.2) is 36.7 Å². The van der Waals surface area contributed by atoms with Crippen LogP contribution in [-0.2, 0) is 0 Å². The second-order valence-electron chi connectivity index (χ2n) is 6.70. The van der Waals surface area contributed by atoms with Crippen molar-refractivity contribution in [3.8, 4) is 17.0 Å². The van der Waals surface area contributed by atoms with Gasteiger partial charge in [0.15, 0.2) is 5.82 Å². The number of aromatic nitrogens is 3. The number of likely N-dealkylation sites (N-methyl/N-ethyl adjacent to an activating group) is 1. The lowest BCUT2D eigenvalue weighted by Crippen LogP contribution is -2.40. The number of aromatic hydroxyl groups is 1. The standard InChI is InChI=1S/C19H20FN5O/c1-25-9-3-4-12(11-25)22-19-14-10-21-8-7-13(14)18(23-24-19)17-15(20)5-2-6-16(17)26/h2,5-8,10,12,26H,3-4,9,11H2,1H3,(H,22,24)/t12-/m1/s1. The minimum Gasteiger partial charge on any atom is -0.507 e. The van der Waals surface area contributed by atoms with E-state index in [4.69, 9.17) is 0 Å². The molecule has 6 nitrogen and oxygen atoms in total. The number of likely N-dealkylation sites (tertiary alicyclic amines) is 1. The van der Waals surface area contributed by atoms with E-state index >= 15 is 0 Å². The van der Waals surface area contributed by atoms with Crippen molar-refractivity contribution in [2.24, 2.45) is 0 Å². The van der Waals surface area contributed by atoms with Crippen LogP contribution < -0.4 is 5.32 Å². The van der Waals surface area contributed by atoms with E-state index in [9.17, 15) is 9.50 Å². The normalized spacial score (nSPS) is 18.2. The van der Waals surface area contributed by atoms with E-state index in [0.717, 1.165) is 31.3 Å². The Kier molecular flexibility index (Phi) is 4.38. The molecule has 4 rings (SSSR count). The van der Waals surface area contributed by atoms with Gasteiger partial charge in [-0.3, -0.25) is 4.98 Å². The van der Waals surface area contributed by atoms with Gasteiger partial charge in [-0.25, -0.2) is 4.39 Å². The number of anilines is 1. The molecular weight excluding hydrogens is 333 g/mol. The average Bonchev–Trinajstić information content (AvgIpc) is 2.63. The predicted octanol–water partition coefficient (Wildman–Crippen LogP) is 3.04. The van der Waals surface area contributed by atoms with Crippen LogP contribution >= 0.6 is 0 Å². The molecule has 1 saturated heterocycles. The fourth-order valence-corrected chi connectivity index (χ4v) is 3.51. The first kappa shape index (κ1) is 16.7. The first-order valence-electron chi connectivity index (χ1n) is 8.67. The fraction of sp³-hybridized carbons (Fsp3) is 0.316. The minimum absolute atomic E-state index is 0.0557. The number of hydrogen-bond acceptors (Lipinski definition) is 6. The van der Waals surface area contributed by atoms with Crippen LogP contribution in [0.3, 0.4) is 0 Å². The van der Waals surface area contributed by atoms with Gasteiger partial charge in [0.25, 0.3) is 0 Å². The van der Waals surface area contributed by atoms with E-state index in [2.05, 4.69) is 32.4 Å². The molecule has 0 amide bonds. The molecule has 1 fully saturated rings. The summed E-state index contributed by atoms with van der Waals surface area (Å²) in [5, 5.41) is 23.5. The maximum atomic E-state index is 14.3. The lowest BCUT2D eigenvalue weighted by atomic mass is 10.0. The molecule has 2 aromatic heterocycles. The predicted molar refractivity (Wildman–Crippen MR) is 98.5 cm³/mol. The maximum absolute atomic E-state index is 14.3. The van der Waals surface area contributed by atoms with Crippen LogP contribution in [0.1, 0.15) is 12.8 Å². The molecule has 1 atom stereocenters. The number of hydrogen-bond donors (Lipinski definition) is 2. The number of nitrogens with one attached hydrogen (secondary N) is 1. The van der Waals surface area contributed by atoms with Gasteiger partial charge in [0.2, 0.25) is 0 Å². The lowest BCUT2D eigenvalue weighted by Gasteiger charge is -2.30. The van der Waals surface area contributed by atoms with E-state index in [1.54, 1.807) is 18.5 Å². The molecule has 1 aliphatic heterocycles. The Balaban J connectivity index is 1.79. The van der Waals surface area contributed by atoms with E-state index in [-0.39, 0.29) is 17.4 Å². The molecule has 1 aliphatic rings. The number of rotatable bonds is 3. The van der Waals surface area contributed by atoms with Crippen molar-refractivity contribution in [1.82, 2.24) is 20.1 Å². The van der Waals surface area contributed by atoms with Crippen molar-refractivity contribution in [2.45, 2.75) is 18.9 Å². The zero-order valence-electron chi connectivity index (χ0n) is 14.5. The van der Waals surface area contributed by atoms with Crippen molar-refractivity contribution in [1.29, 1.82) is 0 Å². The van der Waals surface area contributed by atoms with Gasteiger partial charge in [0.05, 0.1) is 5.56 Å². The Morgan fingerprint density at radius 2 is 2.12 bits per heavy atom. The Morgan fingerprint density at radius 1 is 1.23 bits per heavy atom. The molecule has 0 spiro atoms. The number of nitrogens with zero attached hydrogens (tertiary/aromatic N) is 4. The monoisotopic (exact) mass is 353 g/mol. The van der Waals surface area contributed by atoms with Crippen molar-refractivity contribution in [2.75, 3.05) is 25.5 Å². The number of piperidine rings is 1. The van der Waals surface area contributed by atoms with Gasteiger partial charge in [-0.2, -0.15) is 0 Å². The number of halogens is 1. The van der Waals surface area contributed by atoms with Crippen molar-refractivity contribution >= 4 is 16.6 Å². The molecule has 0 aliphatic carbocycles. The SMILES string of the molecule is CN1CCC[C@@H](Nc2nnc(-c3c(O)cccc3F)c3ccncc23)C1. The van der Waals surface area contributed by atoms with Crippen LogP contribution in [0.2, 0.25) is 0 Å². The molecule has 0 saturated carbocycles. The number of pyridine rings is 1. The molecule has 7 heteroatoms. The van der Waals surface area contributed by atoms with Gasteiger partial charge in [0.1, 0.15) is 17.3 Å². The zero-order chi connectivity index (χ0) is 18.1. The minimum atomic E-state index is -0.535. The summed E-state index contributed by atoms with van der Waals surface area (Å²) in [5.41, 5.74) is 0.365. The van der Waals surface area contributed by atoms with Gasteiger partial charge in [-0.05, 0) is 44.6 Å². The molecule has 3 aromatic rings. The topological polar surface area (TPSA) is 74.2 Å². The summed E-state index contributed by atoms with van der Waals surface area (Å²) in [6.07, 6.45) is 5.51. The largest absolute Gasteiger partial charge is 0.507 e. The Bertz CT molecular complexity index is 928. The highest BCUT2D eigenvalue weighted by atomic mass is 19.1. The highest BCUT2D eigenvalue weighted by Crippen LogP contribution is 2.36. The van der Waals surface area contributed by atoms with Crippen molar-refractivity contribution in [3.63, 3.8) is 0 Å². The first-order chi connectivity index (χ1) is 12.6. The van der Waals surface area contributed by atoms with E-state index in [0.29, 0.717) is 16.9 Å². The Hall–Kier alpha value is -2.80. The number of phenolic OH excluding ortho intramolecular Hbond substituents is 1. The highest BCUT2D eigenvalue weighted by Gasteiger charge is 2.21. The molecule has 0 bridgehead atoms. The summed E-state index contributed by atoms with van der Waals surface area (Å²) < 4.78 is 14.3. The van der Waals surface area contributed by atoms with Crippen LogP contribution in [0, 0.1) is 5.82 Å². The molecule has 134 valence electrons. The third-order valence-electron chi connectivity index (χ3n) is 4.78. The number of benzene rings is 1. The second kappa shape index (κ2) is 6.84. The summed E-state index contributed by atoms with van der Waals surface area (Å²) >= 11 is 0. The summed E-state index contributed by atoms with van der Waals surface area (Å²) in [7, 11) is 2.10. The molecule has 0 unspecified atom stereocenters. The zero-order valence-corrected chi connectivity index (χ0v) is 14.5. The molecular formula is C19H20FN5O. The number of phenols is 1. The second-order valence-corrected chi connectivity index (χ2v) is 6.70. The van der Waals surface area contributed by atoms with Crippen LogP contribution in [0.4, 0.5) is 10.2 Å². The molecule has 26 heavy (non-hydrogen) atoms. The van der Waals surface area contributed by atoms with E-state index in [1.165, 1.54) is 18.2 Å². The third-order valence-corrected chi connectivity index (χ3v) is 4.78. The molecule has 2 N–H and O–H groups in total. The van der Waals surface area contributed by atoms with E-state index in [1.807, 2.05) is 0 Å². The Labute approximate surface area is 150 Å². The van der Waals surface area contributed by atoms with E-state index < -0.39 is 5.82 Å². The smallest absolute Gasteiger partial charge is 0.158 e. The van der Waals surface area contributed by atoms with Crippen LogP contribution in [-0.4, -0.2) is 51.4 Å². The summed E-state index contributed by atoms with van der Waals surface area (Å²) in [4.78, 5) is 6.47. The highest BCUT2D eigenvalue weighted by molar-refractivity contribution is 6.00. The van der Waals surface area contributed by atoms with Crippen LogP contribution in [0.25, 0.3) is 22.0 Å². The van der Waals surface area contributed by atoms with Gasteiger partial charge in [-0.1, -0.05) is 6.07 Å². The summed E-state index contributed by atoms with van der Waals surface area (Å²) in [5.74, 6) is -0.0629. The number of fused-ring (bicyclic) bond motifs is 1. The van der Waals surface area contributed by atoms with Gasteiger partial charge >= 0.3 is 0 Å². The fourth-order valence-electron chi connectivity index (χ4n) is 3.51. The molecule has 0 radical (unpaired) electrons. The molecule has 3 heterocycles.